The van der Waals surface area contributed by atoms with Crippen molar-refractivity contribution in [3.05, 3.63) is 35.4 Å². The van der Waals surface area contributed by atoms with Gasteiger partial charge >= 0.3 is 0 Å². The number of carbonyl (C=O) groups is 1. The molecule has 0 aromatic heterocycles. The van der Waals surface area contributed by atoms with Crippen molar-refractivity contribution in [1.82, 2.24) is 5.32 Å². The summed E-state index contributed by atoms with van der Waals surface area (Å²) in [5.41, 5.74) is 1.01. The second-order valence-corrected chi connectivity index (χ2v) is 3.27. The summed E-state index contributed by atoms with van der Waals surface area (Å²) in [6.07, 6.45) is 2.64. The first-order chi connectivity index (χ1) is 7.69. The number of rotatable bonds is 2. The number of unbranched alkanes of at least 4 members (excludes halogenated alkanes) is 1. The highest BCUT2D eigenvalue weighted by Crippen LogP contribution is 2.03. The van der Waals surface area contributed by atoms with E-state index >= 15 is 0 Å². The number of amides is 1. The fourth-order valence-corrected chi connectivity index (χ4v) is 0.874. The van der Waals surface area contributed by atoms with Crippen LogP contribution in [0.25, 0.3) is 0 Å². The molecule has 0 atom stereocenters. The van der Waals surface area contributed by atoms with Crippen molar-refractivity contribution >= 4 is 5.91 Å². The lowest BCUT2D eigenvalue weighted by molar-refractivity contribution is 0.0963. The van der Waals surface area contributed by atoms with Gasteiger partial charge in [-0.3, -0.25) is 4.79 Å². The van der Waals surface area contributed by atoms with E-state index in [4.69, 9.17) is 5.26 Å². The molecule has 0 unspecified atom stereocenters. The molecule has 1 aromatic rings. The van der Waals surface area contributed by atoms with E-state index in [1.54, 1.807) is 31.3 Å². The van der Waals surface area contributed by atoms with E-state index in [9.17, 15) is 4.79 Å². The summed E-state index contributed by atoms with van der Waals surface area (Å²) < 4.78 is 0. The molecule has 0 fully saturated rings. The van der Waals surface area contributed by atoms with E-state index < -0.39 is 0 Å². The minimum Gasteiger partial charge on any atom is -0.355 e. The average molecular weight is 218 g/mol. The number of hydrogen-bond acceptors (Lipinski definition) is 2. The van der Waals surface area contributed by atoms with Gasteiger partial charge in [-0.25, -0.2) is 0 Å². The number of nitrogens with zero attached hydrogens (tertiary/aromatic N) is 1. The van der Waals surface area contributed by atoms with Crippen LogP contribution in [0.5, 0.6) is 0 Å². The summed E-state index contributed by atoms with van der Waals surface area (Å²) >= 11 is 0. The molecule has 1 N–H and O–H groups in total. The molecule has 0 bridgehead atoms. The Morgan fingerprint density at radius 1 is 1.38 bits per heavy atom. The Bertz CT molecular complexity index is 364. The Kier molecular flexibility index (Phi) is 7.52. The largest absolute Gasteiger partial charge is 0.355 e. The third-order valence-electron chi connectivity index (χ3n) is 1.98. The molecular formula is C13H18N2O. The Balaban J connectivity index is 0.000000487. The summed E-state index contributed by atoms with van der Waals surface area (Å²) in [5, 5.41) is 11.0. The molecule has 86 valence electrons. The number of benzene rings is 1. The topological polar surface area (TPSA) is 52.9 Å². The first kappa shape index (κ1) is 14.2. The number of nitrogens with one attached hydrogen (secondary N) is 1. The molecule has 0 spiro atoms. The molecule has 0 aliphatic rings. The highest BCUT2D eigenvalue weighted by molar-refractivity contribution is 5.94. The van der Waals surface area contributed by atoms with Gasteiger partial charge in [-0.15, -0.1) is 0 Å². The van der Waals surface area contributed by atoms with E-state index in [0.29, 0.717) is 11.1 Å². The summed E-state index contributed by atoms with van der Waals surface area (Å²) in [6, 6.07) is 8.53. The van der Waals surface area contributed by atoms with Gasteiger partial charge in [0.2, 0.25) is 0 Å². The minimum atomic E-state index is -0.174. The molecule has 1 aromatic carbocycles. The van der Waals surface area contributed by atoms with Gasteiger partial charge in [-0.05, 0) is 18.2 Å². The molecule has 0 saturated heterocycles. The van der Waals surface area contributed by atoms with Gasteiger partial charge in [0.05, 0.1) is 11.6 Å². The van der Waals surface area contributed by atoms with Crippen LogP contribution in [0.3, 0.4) is 0 Å². The summed E-state index contributed by atoms with van der Waals surface area (Å²) in [4.78, 5) is 11.1. The molecule has 1 amide bonds. The third-order valence-corrected chi connectivity index (χ3v) is 1.98. The summed E-state index contributed by atoms with van der Waals surface area (Å²) in [7, 11) is 1.56. The number of carbonyl (C=O) groups excluding carboxylic acids is 1. The molecule has 1 rings (SSSR count). The molecule has 0 aliphatic carbocycles. The van der Waals surface area contributed by atoms with Crippen LogP contribution in [0.4, 0.5) is 0 Å². The average Bonchev–Trinajstić information content (AvgIpc) is 2.38. The quantitative estimate of drug-likeness (QED) is 0.829. The zero-order valence-corrected chi connectivity index (χ0v) is 10.1. The minimum absolute atomic E-state index is 0.174. The molecular weight excluding hydrogens is 200 g/mol. The standard InChI is InChI=1S/C9H8N2O.C4H10/c1-11-9(12)8-4-2-3-7(5-8)6-10;1-3-4-2/h2-5H,1H3,(H,11,12);3-4H2,1-2H3. The predicted molar refractivity (Wildman–Crippen MR) is 65.1 cm³/mol. The van der Waals surface area contributed by atoms with Crippen molar-refractivity contribution < 1.29 is 4.79 Å². The monoisotopic (exact) mass is 218 g/mol. The van der Waals surface area contributed by atoms with Crippen LogP contribution in [0.2, 0.25) is 0 Å². The predicted octanol–water partition coefficient (Wildman–Crippen LogP) is 2.72. The van der Waals surface area contributed by atoms with E-state index in [2.05, 4.69) is 19.2 Å². The van der Waals surface area contributed by atoms with E-state index in [0.717, 1.165) is 0 Å². The first-order valence-electron chi connectivity index (χ1n) is 5.41. The van der Waals surface area contributed by atoms with Crippen LogP contribution in [0, 0.1) is 11.3 Å². The summed E-state index contributed by atoms with van der Waals surface area (Å²) in [6.45, 7) is 4.36. The van der Waals surface area contributed by atoms with Gasteiger partial charge in [0.25, 0.3) is 5.91 Å². The number of hydrogen-bond donors (Lipinski definition) is 1. The van der Waals surface area contributed by atoms with Gasteiger partial charge in [-0.1, -0.05) is 32.8 Å². The molecule has 16 heavy (non-hydrogen) atoms. The van der Waals surface area contributed by atoms with Gasteiger partial charge in [0.1, 0.15) is 0 Å². The van der Waals surface area contributed by atoms with Crippen molar-refractivity contribution in [2.45, 2.75) is 26.7 Å². The third kappa shape index (κ3) is 5.16. The first-order valence-corrected chi connectivity index (χ1v) is 5.41. The zero-order valence-electron chi connectivity index (χ0n) is 10.1. The van der Waals surface area contributed by atoms with E-state index in [-0.39, 0.29) is 5.91 Å². The van der Waals surface area contributed by atoms with Crippen molar-refractivity contribution in [3.8, 4) is 6.07 Å². The molecule has 0 saturated carbocycles. The van der Waals surface area contributed by atoms with Gasteiger partial charge in [0.15, 0.2) is 0 Å². The fourth-order valence-electron chi connectivity index (χ4n) is 0.874. The lowest BCUT2D eigenvalue weighted by atomic mass is 10.1. The van der Waals surface area contributed by atoms with Crippen LogP contribution < -0.4 is 5.32 Å². The fraction of sp³-hybridized carbons (Fsp3) is 0.385. The maximum Gasteiger partial charge on any atom is 0.251 e. The van der Waals surface area contributed by atoms with Crippen LogP contribution in [0.15, 0.2) is 24.3 Å². The van der Waals surface area contributed by atoms with E-state index in [1.165, 1.54) is 12.8 Å². The van der Waals surface area contributed by atoms with Crippen molar-refractivity contribution in [1.29, 1.82) is 5.26 Å². The smallest absolute Gasteiger partial charge is 0.251 e. The SMILES string of the molecule is CCCC.CNC(=O)c1cccc(C#N)c1. The maximum atomic E-state index is 11.1. The Morgan fingerprint density at radius 3 is 2.44 bits per heavy atom. The second-order valence-electron chi connectivity index (χ2n) is 3.27. The maximum absolute atomic E-state index is 11.1. The second kappa shape index (κ2) is 8.49. The van der Waals surface area contributed by atoms with Gasteiger partial charge in [-0.2, -0.15) is 5.26 Å². The zero-order chi connectivity index (χ0) is 12.4. The van der Waals surface area contributed by atoms with E-state index in [1.807, 2.05) is 6.07 Å². The molecule has 0 radical (unpaired) electrons. The normalized spacial score (nSPS) is 8.38. The van der Waals surface area contributed by atoms with Crippen molar-refractivity contribution in [2.24, 2.45) is 0 Å². The van der Waals surface area contributed by atoms with Crippen LogP contribution in [0.1, 0.15) is 42.6 Å². The van der Waals surface area contributed by atoms with Gasteiger partial charge in [0, 0.05) is 12.6 Å². The van der Waals surface area contributed by atoms with Crippen LogP contribution in [-0.2, 0) is 0 Å². The summed E-state index contributed by atoms with van der Waals surface area (Å²) in [5.74, 6) is -0.174. The Hall–Kier alpha value is -1.82. The number of nitriles is 1. The van der Waals surface area contributed by atoms with Crippen molar-refractivity contribution in [2.75, 3.05) is 7.05 Å². The van der Waals surface area contributed by atoms with Crippen LogP contribution >= 0.6 is 0 Å². The lowest BCUT2D eigenvalue weighted by Crippen LogP contribution is -2.17. The molecule has 0 aliphatic heterocycles. The van der Waals surface area contributed by atoms with Crippen LogP contribution in [-0.4, -0.2) is 13.0 Å². The van der Waals surface area contributed by atoms with Crippen molar-refractivity contribution in [3.63, 3.8) is 0 Å². The molecule has 3 nitrogen and oxygen atoms in total. The highest BCUT2D eigenvalue weighted by atomic mass is 16.1. The Labute approximate surface area is 97.1 Å². The van der Waals surface area contributed by atoms with Gasteiger partial charge < -0.3 is 5.32 Å². The lowest BCUT2D eigenvalue weighted by Gasteiger charge is -1.98. The molecule has 0 heterocycles. The molecule has 3 heteroatoms. The highest BCUT2D eigenvalue weighted by Gasteiger charge is 2.01. The Morgan fingerprint density at radius 2 is 2.00 bits per heavy atom.